The molecule has 2 heteroatoms. The van der Waals surface area contributed by atoms with Gasteiger partial charge in [-0.05, 0) is 25.2 Å². The maximum Gasteiger partial charge on any atom is 0.0167 e. The second-order valence-corrected chi connectivity index (χ2v) is 4.90. The summed E-state index contributed by atoms with van der Waals surface area (Å²) in [6.45, 7) is 9.70. The summed E-state index contributed by atoms with van der Waals surface area (Å²) >= 11 is 0. The molecule has 2 nitrogen and oxygen atoms in total. The molecule has 0 amide bonds. The molecule has 0 spiro atoms. The Morgan fingerprint density at radius 3 is 2.83 bits per heavy atom. The molecule has 1 aliphatic heterocycles. The highest BCUT2D eigenvalue weighted by Gasteiger charge is 2.39. The summed E-state index contributed by atoms with van der Waals surface area (Å²) in [5, 5.41) is 3.48. The van der Waals surface area contributed by atoms with E-state index in [9.17, 15) is 0 Å². The largest absolute Gasteiger partial charge is 0.312 e. The first kappa shape index (κ1) is 8.52. The summed E-state index contributed by atoms with van der Waals surface area (Å²) in [6.07, 6.45) is 2.90. The highest BCUT2D eigenvalue weighted by Crippen LogP contribution is 2.45. The number of hydrogen-bond acceptors (Lipinski definition) is 2. The van der Waals surface area contributed by atoms with E-state index in [2.05, 4.69) is 24.1 Å². The summed E-state index contributed by atoms with van der Waals surface area (Å²) in [6, 6.07) is 0.695. The fourth-order valence-corrected chi connectivity index (χ4v) is 2.07. The predicted molar refractivity (Wildman–Crippen MR) is 51.2 cm³/mol. The Hall–Kier alpha value is -0.0800. The topological polar surface area (TPSA) is 15.3 Å². The van der Waals surface area contributed by atoms with Crippen LogP contribution in [0.15, 0.2) is 0 Å². The number of piperazine rings is 1. The van der Waals surface area contributed by atoms with Gasteiger partial charge >= 0.3 is 0 Å². The van der Waals surface area contributed by atoms with Crippen LogP contribution in [0, 0.1) is 5.41 Å². The minimum absolute atomic E-state index is 0.692. The Labute approximate surface area is 75.3 Å². The van der Waals surface area contributed by atoms with Gasteiger partial charge in [0.1, 0.15) is 0 Å². The zero-order valence-electron chi connectivity index (χ0n) is 8.27. The van der Waals surface area contributed by atoms with E-state index in [4.69, 9.17) is 0 Å². The Morgan fingerprint density at radius 1 is 1.50 bits per heavy atom. The zero-order chi connectivity index (χ0) is 8.60. The molecule has 1 saturated heterocycles. The fourth-order valence-electron chi connectivity index (χ4n) is 2.07. The monoisotopic (exact) mass is 168 g/mol. The van der Waals surface area contributed by atoms with Crippen LogP contribution in [0.5, 0.6) is 0 Å². The molecule has 2 rings (SSSR count). The van der Waals surface area contributed by atoms with Crippen molar-refractivity contribution >= 4 is 0 Å². The van der Waals surface area contributed by atoms with Crippen molar-refractivity contribution in [2.24, 2.45) is 5.41 Å². The lowest BCUT2D eigenvalue weighted by Crippen LogP contribution is -2.50. The molecule has 1 aliphatic carbocycles. The van der Waals surface area contributed by atoms with Crippen LogP contribution in [0.1, 0.15) is 26.7 Å². The van der Waals surface area contributed by atoms with Gasteiger partial charge in [-0.1, -0.05) is 6.92 Å². The first-order valence-electron chi connectivity index (χ1n) is 5.14. The first-order chi connectivity index (χ1) is 5.68. The maximum absolute atomic E-state index is 3.48. The standard InChI is InChI=1S/C10H20N2/c1-9-7-12(6-5-11-9)8-10(2)3-4-10/h9,11H,3-8H2,1-2H3/t9-/m0/s1. The van der Waals surface area contributed by atoms with E-state index >= 15 is 0 Å². The van der Waals surface area contributed by atoms with Crippen molar-refractivity contribution in [3.63, 3.8) is 0 Å². The molecule has 2 aliphatic rings. The molecule has 0 unspecified atom stereocenters. The van der Waals surface area contributed by atoms with Crippen molar-refractivity contribution in [3.8, 4) is 0 Å². The second kappa shape index (κ2) is 3.00. The molecule has 1 N–H and O–H groups in total. The van der Waals surface area contributed by atoms with Crippen molar-refractivity contribution in [2.45, 2.75) is 32.7 Å². The van der Waals surface area contributed by atoms with Crippen molar-refractivity contribution in [2.75, 3.05) is 26.2 Å². The van der Waals surface area contributed by atoms with Gasteiger partial charge in [0.2, 0.25) is 0 Å². The van der Waals surface area contributed by atoms with Crippen LogP contribution in [-0.4, -0.2) is 37.1 Å². The van der Waals surface area contributed by atoms with Crippen LogP contribution >= 0.6 is 0 Å². The van der Waals surface area contributed by atoms with Crippen molar-refractivity contribution in [1.82, 2.24) is 10.2 Å². The second-order valence-electron chi connectivity index (χ2n) is 4.90. The van der Waals surface area contributed by atoms with E-state index in [0.29, 0.717) is 11.5 Å². The van der Waals surface area contributed by atoms with E-state index in [-0.39, 0.29) is 0 Å². The van der Waals surface area contributed by atoms with Gasteiger partial charge in [0.05, 0.1) is 0 Å². The van der Waals surface area contributed by atoms with Gasteiger partial charge in [-0.25, -0.2) is 0 Å². The van der Waals surface area contributed by atoms with Gasteiger partial charge < -0.3 is 5.32 Å². The van der Waals surface area contributed by atoms with E-state index < -0.39 is 0 Å². The van der Waals surface area contributed by atoms with Crippen LogP contribution in [-0.2, 0) is 0 Å². The van der Waals surface area contributed by atoms with E-state index in [1.165, 1.54) is 39.0 Å². The minimum Gasteiger partial charge on any atom is -0.312 e. The van der Waals surface area contributed by atoms with E-state index in [0.717, 1.165) is 0 Å². The van der Waals surface area contributed by atoms with Gasteiger partial charge in [-0.3, -0.25) is 4.90 Å². The molecule has 0 aromatic rings. The molecule has 1 saturated carbocycles. The van der Waals surface area contributed by atoms with E-state index in [1.807, 2.05) is 0 Å². The Kier molecular flexibility index (Phi) is 2.13. The maximum atomic E-state index is 3.48. The van der Waals surface area contributed by atoms with Crippen LogP contribution < -0.4 is 5.32 Å². The molecular formula is C10H20N2. The summed E-state index contributed by atoms with van der Waals surface area (Å²) in [5.41, 5.74) is 0.692. The normalized spacial score (nSPS) is 35.0. The molecule has 0 aromatic carbocycles. The molecule has 0 aromatic heterocycles. The number of nitrogens with zero attached hydrogens (tertiary/aromatic N) is 1. The Bertz CT molecular complexity index is 163. The molecule has 0 radical (unpaired) electrons. The zero-order valence-corrected chi connectivity index (χ0v) is 8.27. The number of nitrogens with one attached hydrogen (secondary N) is 1. The molecule has 12 heavy (non-hydrogen) atoms. The highest BCUT2D eigenvalue weighted by atomic mass is 15.2. The van der Waals surface area contributed by atoms with Crippen molar-refractivity contribution in [1.29, 1.82) is 0 Å². The summed E-state index contributed by atoms with van der Waals surface area (Å²) in [4.78, 5) is 2.62. The fraction of sp³-hybridized carbons (Fsp3) is 1.00. The SMILES string of the molecule is C[C@H]1CN(CC2(C)CC2)CCN1. The van der Waals surface area contributed by atoms with Crippen molar-refractivity contribution < 1.29 is 0 Å². The third kappa shape index (κ3) is 1.99. The molecule has 70 valence electrons. The molecule has 0 bridgehead atoms. The molecule has 2 fully saturated rings. The van der Waals surface area contributed by atoms with Crippen LogP contribution in [0.4, 0.5) is 0 Å². The van der Waals surface area contributed by atoms with Crippen LogP contribution in [0.25, 0.3) is 0 Å². The van der Waals surface area contributed by atoms with Gasteiger partial charge in [-0.2, -0.15) is 0 Å². The summed E-state index contributed by atoms with van der Waals surface area (Å²) in [7, 11) is 0. The summed E-state index contributed by atoms with van der Waals surface area (Å²) < 4.78 is 0. The average molecular weight is 168 g/mol. The third-order valence-corrected chi connectivity index (χ3v) is 3.16. The highest BCUT2D eigenvalue weighted by molar-refractivity contribution is 4.92. The minimum atomic E-state index is 0.692. The lowest BCUT2D eigenvalue weighted by Gasteiger charge is -2.33. The molecule has 1 heterocycles. The smallest absolute Gasteiger partial charge is 0.0167 e. The molecule has 1 atom stereocenters. The number of rotatable bonds is 2. The van der Waals surface area contributed by atoms with Gasteiger partial charge in [-0.15, -0.1) is 0 Å². The van der Waals surface area contributed by atoms with Crippen LogP contribution in [0.2, 0.25) is 0 Å². The Balaban J connectivity index is 1.79. The van der Waals surface area contributed by atoms with Gasteiger partial charge in [0, 0.05) is 32.2 Å². The molecular weight excluding hydrogens is 148 g/mol. The van der Waals surface area contributed by atoms with Crippen LogP contribution in [0.3, 0.4) is 0 Å². The summed E-state index contributed by atoms with van der Waals surface area (Å²) in [5.74, 6) is 0. The predicted octanol–water partition coefficient (Wildman–Crippen LogP) is 1.08. The van der Waals surface area contributed by atoms with Crippen molar-refractivity contribution in [3.05, 3.63) is 0 Å². The average Bonchev–Trinajstić information content (AvgIpc) is 2.67. The van der Waals surface area contributed by atoms with Gasteiger partial charge in [0.15, 0.2) is 0 Å². The third-order valence-electron chi connectivity index (χ3n) is 3.16. The lowest BCUT2D eigenvalue weighted by molar-refractivity contribution is 0.176. The Morgan fingerprint density at radius 2 is 2.25 bits per heavy atom. The van der Waals surface area contributed by atoms with Gasteiger partial charge in [0.25, 0.3) is 0 Å². The quantitative estimate of drug-likeness (QED) is 0.664. The first-order valence-corrected chi connectivity index (χ1v) is 5.14. The van der Waals surface area contributed by atoms with E-state index in [1.54, 1.807) is 0 Å². The number of hydrogen-bond donors (Lipinski definition) is 1. The lowest BCUT2D eigenvalue weighted by atomic mass is 10.1.